The molecule has 1 aromatic rings. The summed E-state index contributed by atoms with van der Waals surface area (Å²) in [6, 6.07) is 5.16. The topological polar surface area (TPSA) is 79.3 Å². The van der Waals surface area contributed by atoms with Gasteiger partial charge in [-0.25, -0.2) is 0 Å². The molecule has 0 aliphatic carbocycles. The number of carbonyl (C=O) groups is 2. The molecule has 1 aliphatic heterocycles. The van der Waals surface area contributed by atoms with Gasteiger partial charge in [-0.1, -0.05) is 6.08 Å². The van der Waals surface area contributed by atoms with Crippen LogP contribution in [-0.4, -0.2) is 50.2 Å². The average Bonchev–Trinajstić information content (AvgIpc) is 2.68. The Morgan fingerprint density at radius 3 is 2.76 bits per heavy atom. The van der Waals surface area contributed by atoms with Crippen LogP contribution in [0.4, 0.5) is 11.4 Å². The van der Waals surface area contributed by atoms with Gasteiger partial charge in [0.25, 0.3) is 0 Å². The number of Topliss-reactive ketones (excluding diaryl/α,β-unsaturated/α-hetero) is 1. The molecule has 0 aromatic heterocycles. The summed E-state index contributed by atoms with van der Waals surface area (Å²) in [5.41, 5.74) is 1.59. The zero-order valence-electron chi connectivity index (χ0n) is 14.2. The zero-order chi connectivity index (χ0) is 18.2. The van der Waals surface area contributed by atoms with E-state index in [4.69, 9.17) is 14.7 Å². The quantitative estimate of drug-likeness (QED) is 0.194. The Balaban J connectivity index is 2.45. The molecule has 1 heterocycles. The lowest BCUT2D eigenvalue weighted by molar-refractivity contribution is -0.113. The molecule has 1 amide bonds. The number of anilines is 2. The lowest BCUT2D eigenvalue weighted by Crippen LogP contribution is -2.36. The maximum Gasteiger partial charge on any atom is 0.238 e. The summed E-state index contributed by atoms with van der Waals surface area (Å²) in [7, 11) is 0. The van der Waals surface area contributed by atoms with Gasteiger partial charge in [-0.05, 0) is 25.1 Å². The maximum absolute atomic E-state index is 12.5. The summed E-state index contributed by atoms with van der Waals surface area (Å²) >= 11 is 0. The molecule has 1 N–H and O–H groups in total. The highest BCUT2D eigenvalue weighted by Crippen LogP contribution is 2.29. The van der Waals surface area contributed by atoms with Crippen molar-refractivity contribution in [3.05, 3.63) is 48.3 Å². The molecule has 0 atom stereocenters. The van der Waals surface area contributed by atoms with Crippen molar-refractivity contribution in [2.24, 2.45) is 0 Å². The molecule has 1 saturated heterocycles. The average molecular weight is 346 g/mol. The Labute approximate surface area is 146 Å². The number of amides is 1. The second-order valence-corrected chi connectivity index (χ2v) is 5.46. The van der Waals surface area contributed by atoms with Crippen LogP contribution in [0.3, 0.4) is 0 Å². The van der Waals surface area contributed by atoms with Crippen LogP contribution >= 0.6 is 0 Å². The Bertz CT molecular complexity index is 665. The van der Waals surface area contributed by atoms with E-state index < -0.39 is 0 Å². The van der Waals surface area contributed by atoms with Crippen LogP contribution < -0.4 is 9.96 Å². The number of rotatable bonds is 8. The summed E-state index contributed by atoms with van der Waals surface area (Å²) in [6.07, 6.45) is 2.75. The number of hydrogen-bond acceptors (Lipinski definition) is 6. The van der Waals surface area contributed by atoms with Crippen LogP contribution in [-0.2, 0) is 14.4 Å². The van der Waals surface area contributed by atoms with E-state index in [0.29, 0.717) is 25.3 Å². The number of ketones is 1. The van der Waals surface area contributed by atoms with Gasteiger partial charge in [0.15, 0.2) is 5.78 Å². The van der Waals surface area contributed by atoms with Gasteiger partial charge in [0.05, 0.1) is 31.8 Å². The SMILES string of the molecule is C=CCON(C=O)c1cc(N2CCOCC2)ccc1C(=O)C(C)=CO. The van der Waals surface area contributed by atoms with Crippen LogP contribution in [0.5, 0.6) is 0 Å². The van der Waals surface area contributed by atoms with Gasteiger partial charge >= 0.3 is 0 Å². The van der Waals surface area contributed by atoms with Gasteiger partial charge < -0.3 is 14.7 Å². The first kappa shape index (κ1) is 18.7. The molecule has 2 rings (SSSR count). The van der Waals surface area contributed by atoms with Crippen molar-refractivity contribution in [1.82, 2.24) is 0 Å². The van der Waals surface area contributed by atoms with Gasteiger partial charge in [-0.3, -0.25) is 14.4 Å². The molecule has 1 aromatic carbocycles. The minimum atomic E-state index is -0.389. The third-order valence-electron chi connectivity index (χ3n) is 3.82. The van der Waals surface area contributed by atoms with Crippen molar-refractivity contribution in [3.8, 4) is 0 Å². The summed E-state index contributed by atoms with van der Waals surface area (Å²) in [6.45, 7) is 7.84. The first-order valence-electron chi connectivity index (χ1n) is 7.93. The number of ether oxygens (including phenoxy) is 1. The number of benzene rings is 1. The predicted octanol–water partition coefficient (Wildman–Crippen LogP) is 2.25. The second kappa shape index (κ2) is 9.00. The van der Waals surface area contributed by atoms with Gasteiger partial charge in [0.2, 0.25) is 6.41 Å². The highest BCUT2D eigenvalue weighted by Gasteiger charge is 2.21. The Hall–Kier alpha value is -2.64. The minimum Gasteiger partial charge on any atom is -0.515 e. The van der Waals surface area contributed by atoms with Gasteiger partial charge in [0, 0.05) is 29.9 Å². The molecule has 7 nitrogen and oxygen atoms in total. The number of hydrogen-bond donors (Lipinski definition) is 1. The molecule has 0 radical (unpaired) electrons. The maximum atomic E-state index is 12.5. The summed E-state index contributed by atoms with van der Waals surface area (Å²) in [4.78, 5) is 31.4. The summed E-state index contributed by atoms with van der Waals surface area (Å²) < 4.78 is 5.35. The van der Waals surface area contributed by atoms with E-state index in [1.807, 2.05) is 6.07 Å². The van der Waals surface area contributed by atoms with E-state index >= 15 is 0 Å². The van der Waals surface area contributed by atoms with Crippen LogP contribution in [0.2, 0.25) is 0 Å². The van der Waals surface area contributed by atoms with Crippen molar-refractivity contribution in [1.29, 1.82) is 0 Å². The highest BCUT2D eigenvalue weighted by atomic mass is 16.7. The smallest absolute Gasteiger partial charge is 0.238 e. The molecule has 0 bridgehead atoms. The molecule has 134 valence electrons. The minimum absolute atomic E-state index is 0.114. The molecule has 0 unspecified atom stereocenters. The van der Waals surface area contributed by atoms with Gasteiger partial charge in [-0.15, -0.1) is 6.58 Å². The normalized spacial score (nSPS) is 14.9. The number of allylic oxidation sites excluding steroid dienone is 1. The van der Waals surface area contributed by atoms with E-state index in [9.17, 15) is 9.59 Å². The van der Waals surface area contributed by atoms with Gasteiger partial charge in [0.1, 0.15) is 0 Å². The molecule has 1 fully saturated rings. The van der Waals surface area contributed by atoms with E-state index in [0.717, 1.165) is 30.1 Å². The molecular formula is C18H22N2O5. The Morgan fingerprint density at radius 1 is 1.44 bits per heavy atom. The fourth-order valence-corrected chi connectivity index (χ4v) is 2.47. The third-order valence-corrected chi connectivity index (χ3v) is 3.82. The molecule has 0 spiro atoms. The fourth-order valence-electron chi connectivity index (χ4n) is 2.47. The highest BCUT2D eigenvalue weighted by molar-refractivity contribution is 6.12. The number of morpholine rings is 1. The number of aliphatic hydroxyl groups excluding tert-OH is 1. The number of nitrogens with zero attached hydrogens (tertiary/aromatic N) is 2. The van der Waals surface area contributed by atoms with E-state index in [1.165, 1.54) is 13.0 Å². The van der Waals surface area contributed by atoms with Crippen molar-refractivity contribution in [3.63, 3.8) is 0 Å². The molecule has 0 saturated carbocycles. The van der Waals surface area contributed by atoms with Crippen LogP contribution in [0.25, 0.3) is 0 Å². The lowest BCUT2D eigenvalue weighted by Gasteiger charge is -2.30. The number of aliphatic hydroxyl groups is 1. The Morgan fingerprint density at radius 2 is 2.16 bits per heavy atom. The second-order valence-electron chi connectivity index (χ2n) is 5.46. The monoisotopic (exact) mass is 346 g/mol. The zero-order valence-corrected chi connectivity index (χ0v) is 14.2. The van der Waals surface area contributed by atoms with E-state index in [1.54, 1.807) is 12.1 Å². The summed E-state index contributed by atoms with van der Waals surface area (Å²) in [5.74, 6) is -0.389. The molecule has 25 heavy (non-hydrogen) atoms. The van der Waals surface area contributed by atoms with Crippen molar-refractivity contribution >= 4 is 23.6 Å². The van der Waals surface area contributed by atoms with Gasteiger partial charge in [-0.2, -0.15) is 5.06 Å². The molecule has 1 aliphatic rings. The third kappa shape index (κ3) is 4.46. The molecule has 7 heteroatoms. The van der Waals surface area contributed by atoms with Crippen molar-refractivity contribution < 1.29 is 24.3 Å². The molecular weight excluding hydrogens is 324 g/mol. The largest absolute Gasteiger partial charge is 0.515 e. The van der Waals surface area contributed by atoms with Crippen molar-refractivity contribution in [2.75, 3.05) is 42.9 Å². The predicted molar refractivity (Wildman–Crippen MR) is 94.9 cm³/mol. The first-order chi connectivity index (χ1) is 12.1. The van der Waals surface area contributed by atoms with Crippen LogP contribution in [0.1, 0.15) is 17.3 Å². The standard InChI is InChI=1S/C18H22N2O5/c1-3-8-25-20(13-22)17-11-15(19-6-9-24-10-7-19)4-5-16(17)18(23)14(2)12-21/h3-5,11-13,21H,1,6-10H2,2H3. The summed E-state index contributed by atoms with van der Waals surface area (Å²) in [5, 5.41) is 10.1. The fraction of sp³-hybridized carbons (Fsp3) is 0.333. The van der Waals surface area contributed by atoms with Crippen LogP contribution in [0, 0.1) is 0 Å². The lowest BCUT2D eigenvalue weighted by atomic mass is 10.0. The number of carbonyl (C=O) groups excluding carboxylic acids is 2. The Kier molecular flexibility index (Phi) is 6.73. The van der Waals surface area contributed by atoms with E-state index in [-0.39, 0.29) is 23.5 Å². The van der Waals surface area contributed by atoms with E-state index in [2.05, 4.69) is 11.5 Å². The first-order valence-corrected chi connectivity index (χ1v) is 7.93. The van der Waals surface area contributed by atoms with Crippen molar-refractivity contribution in [2.45, 2.75) is 6.92 Å². The van der Waals surface area contributed by atoms with Crippen LogP contribution in [0.15, 0.2) is 42.7 Å². The number of hydroxylamine groups is 1.